The summed E-state index contributed by atoms with van der Waals surface area (Å²) in [6, 6.07) is 5.92. The number of likely N-dealkylation sites (N-methyl/N-ethyl adjacent to an activating group) is 1. The Balaban J connectivity index is 2.03. The van der Waals surface area contributed by atoms with Crippen LogP contribution in [-0.2, 0) is 0 Å². The van der Waals surface area contributed by atoms with Crippen LogP contribution in [0.25, 0.3) is 0 Å². The molecule has 1 fully saturated rings. The van der Waals surface area contributed by atoms with Gasteiger partial charge in [0.2, 0.25) is 0 Å². The molecular formula is C16H27N3O. The SMILES string of the molecule is CC(C)Oc1cc(NCC2(N(C)C)CCC2)ccc1N. The molecule has 0 saturated heterocycles. The Morgan fingerprint density at radius 1 is 1.35 bits per heavy atom. The van der Waals surface area contributed by atoms with Crippen molar-refractivity contribution < 1.29 is 4.74 Å². The minimum Gasteiger partial charge on any atom is -0.489 e. The van der Waals surface area contributed by atoms with Crippen molar-refractivity contribution in [3.8, 4) is 5.75 Å². The lowest BCUT2D eigenvalue weighted by Crippen LogP contribution is -2.54. The summed E-state index contributed by atoms with van der Waals surface area (Å²) >= 11 is 0. The second kappa shape index (κ2) is 5.92. The average molecular weight is 277 g/mol. The molecule has 0 radical (unpaired) electrons. The predicted octanol–water partition coefficient (Wildman–Crippen LogP) is 2.95. The minimum absolute atomic E-state index is 0.132. The molecule has 4 nitrogen and oxygen atoms in total. The summed E-state index contributed by atoms with van der Waals surface area (Å²) in [5.41, 5.74) is 8.01. The maximum atomic E-state index is 5.94. The van der Waals surface area contributed by atoms with Gasteiger partial charge in [-0.05, 0) is 59.3 Å². The van der Waals surface area contributed by atoms with Crippen LogP contribution in [0.15, 0.2) is 18.2 Å². The molecular weight excluding hydrogens is 250 g/mol. The highest BCUT2D eigenvalue weighted by molar-refractivity contribution is 5.61. The van der Waals surface area contributed by atoms with Crippen molar-refractivity contribution in [2.45, 2.75) is 44.8 Å². The molecule has 0 atom stereocenters. The van der Waals surface area contributed by atoms with E-state index in [0.717, 1.165) is 18.0 Å². The van der Waals surface area contributed by atoms with E-state index in [1.807, 2.05) is 32.0 Å². The minimum atomic E-state index is 0.132. The maximum Gasteiger partial charge on any atom is 0.144 e. The smallest absolute Gasteiger partial charge is 0.144 e. The molecule has 3 N–H and O–H groups in total. The van der Waals surface area contributed by atoms with Crippen LogP contribution in [-0.4, -0.2) is 37.2 Å². The molecule has 1 aromatic rings. The zero-order valence-electron chi connectivity index (χ0n) is 13.1. The molecule has 112 valence electrons. The van der Waals surface area contributed by atoms with Gasteiger partial charge in [-0.3, -0.25) is 0 Å². The lowest BCUT2D eigenvalue weighted by atomic mass is 9.75. The maximum absolute atomic E-state index is 5.94. The van der Waals surface area contributed by atoms with Crippen LogP contribution in [0.1, 0.15) is 33.1 Å². The normalized spacial score (nSPS) is 17.1. The Hall–Kier alpha value is -1.42. The molecule has 1 aliphatic carbocycles. The van der Waals surface area contributed by atoms with Crippen molar-refractivity contribution >= 4 is 11.4 Å². The van der Waals surface area contributed by atoms with E-state index in [4.69, 9.17) is 10.5 Å². The standard InChI is InChI=1S/C16H27N3O/c1-12(2)20-15-10-13(6-7-14(15)17)18-11-16(19(3)4)8-5-9-16/h6-7,10,12,18H,5,8-9,11,17H2,1-4H3. The van der Waals surface area contributed by atoms with Crippen molar-refractivity contribution in [3.63, 3.8) is 0 Å². The quantitative estimate of drug-likeness (QED) is 0.785. The van der Waals surface area contributed by atoms with Gasteiger partial charge in [0, 0.05) is 23.8 Å². The molecule has 20 heavy (non-hydrogen) atoms. The number of benzene rings is 1. The van der Waals surface area contributed by atoms with Crippen molar-refractivity contribution in [1.82, 2.24) is 4.90 Å². The zero-order valence-corrected chi connectivity index (χ0v) is 13.1. The summed E-state index contributed by atoms with van der Waals surface area (Å²) in [4.78, 5) is 2.34. The molecule has 0 aliphatic heterocycles. The fourth-order valence-corrected chi connectivity index (χ4v) is 2.63. The topological polar surface area (TPSA) is 50.5 Å². The average Bonchev–Trinajstić information content (AvgIpc) is 2.30. The number of ether oxygens (including phenoxy) is 1. The number of anilines is 2. The number of rotatable bonds is 6. The third kappa shape index (κ3) is 3.18. The highest BCUT2D eigenvalue weighted by atomic mass is 16.5. The van der Waals surface area contributed by atoms with Gasteiger partial charge in [-0.15, -0.1) is 0 Å². The van der Waals surface area contributed by atoms with Crippen LogP contribution >= 0.6 is 0 Å². The lowest BCUT2D eigenvalue weighted by molar-refractivity contribution is 0.0739. The first-order valence-electron chi connectivity index (χ1n) is 7.40. The van der Waals surface area contributed by atoms with Gasteiger partial charge in [-0.1, -0.05) is 0 Å². The molecule has 0 amide bonds. The molecule has 0 aromatic heterocycles. The van der Waals surface area contributed by atoms with Crippen LogP contribution in [0.2, 0.25) is 0 Å². The number of nitrogens with two attached hydrogens (primary N) is 1. The Bertz CT molecular complexity index is 453. The molecule has 1 aromatic carbocycles. The van der Waals surface area contributed by atoms with Crippen molar-refractivity contribution in [3.05, 3.63) is 18.2 Å². The van der Waals surface area contributed by atoms with Crippen LogP contribution in [0.3, 0.4) is 0 Å². The van der Waals surface area contributed by atoms with Crippen molar-refractivity contribution in [2.75, 3.05) is 31.7 Å². The van der Waals surface area contributed by atoms with Gasteiger partial charge >= 0.3 is 0 Å². The van der Waals surface area contributed by atoms with Gasteiger partial charge in [0.1, 0.15) is 5.75 Å². The predicted molar refractivity (Wildman–Crippen MR) is 85.4 cm³/mol. The van der Waals surface area contributed by atoms with Gasteiger partial charge in [0.15, 0.2) is 0 Å². The summed E-state index contributed by atoms with van der Waals surface area (Å²) in [6.45, 7) is 4.98. The Morgan fingerprint density at radius 3 is 2.55 bits per heavy atom. The van der Waals surface area contributed by atoms with E-state index in [0.29, 0.717) is 11.2 Å². The summed E-state index contributed by atoms with van der Waals surface area (Å²) in [7, 11) is 4.33. The molecule has 0 unspecified atom stereocenters. The van der Waals surface area contributed by atoms with Crippen molar-refractivity contribution in [2.24, 2.45) is 0 Å². The summed E-state index contributed by atoms with van der Waals surface area (Å²) < 4.78 is 5.73. The van der Waals surface area contributed by atoms with E-state index in [1.165, 1.54) is 19.3 Å². The molecule has 0 heterocycles. The second-order valence-corrected chi connectivity index (χ2v) is 6.25. The van der Waals surface area contributed by atoms with Crippen LogP contribution in [0.4, 0.5) is 11.4 Å². The third-order valence-electron chi connectivity index (χ3n) is 4.23. The first kappa shape index (κ1) is 15.0. The Labute approximate surface area is 122 Å². The van der Waals surface area contributed by atoms with E-state index in [2.05, 4.69) is 24.3 Å². The number of nitrogens with one attached hydrogen (secondary N) is 1. The van der Waals surface area contributed by atoms with Gasteiger partial charge < -0.3 is 20.7 Å². The van der Waals surface area contributed by atoms with Crippen molar-refractivity contribution in [1.29, 1.82) is 0 Å². The number of nitrogen functional groups attached to an aromatic ring is 1. The zero-order chi connectivity index (χ0) is 14.8. The summed E-state index contributed by atoms with van der Waals surface area (Å²) in [6.07, 6.45) is 3.98. The largest absolute Gasteiger partial charge is 0.489 e. The first-order chi connectivity index (χ1) is 9.43. The first-order valence-corrected chi connectivity index (χ1v) is 7.40. The van der Waals surface area contributed by atoms with Gasteiger partial charge in [0.05, 0.1) is 11.8 Å². The lowest BCUT2D eigenvalue weighted by Gasteiger charge is -2.47. The van der Waals surface area contributed by atoms with E-state index in [9.17, 15) is 0 Å². The Kier molecular flexibility index (Phi) is 4.43. The highest BCUT2D eigenvalue weighted by Gasteiger charge is 2.38. The number of hydrogen-bond acceptors (Lipinski definition) is 4. The molecule has 0 bridgehead atoms. The molecule has 1 saturated carbocycles. The summed E-state index contributed by atoms with van der Waals surface area (Å²) in [5, 5.41) is 3.53. The van der Waals surface area contributed by atoms with E-state index >= 15 is 0 Å². The second-order valence-electron chi connectivity index (χ2n) is 6.25. The molecule has 2 rings (SSSR count). The van der Waals surface area contributed by atoms with Gasteiger partial charge in [0.25, 0.3) is 0 Å². The third-order valence-corrected chi connectivity index (χ3v) is 4.23. The van der Waals surface area contributed by atoms with Gasteiger partial charge in [-0.2, -0.15) is 0 Å². The number of nitrogens with zero attached hydrogens (tertiary/aromatic N) is 1. The fraction of sp³-hybridized carbons (Fsp3) is 0.625. The van der Waals surface area contributed by atoms with Gasteiger partial charge in [-0.25, -0.2) is 0 Å². The number of hydrogen-bond donors (Lipinski definition) is 2. The van der Waals surface area contributed by atoms with E-state index < -0.39 is 0 Å². The molecule has 1 aliphatic rings. The summed E-state index contributed by atoms with van der Waals surface area (Å²) in [5.74, 6) is 0.762. The van der Waals surface area contributed by atoms with E-state index in [-0.39, 0.29) is 6.10 Å². The van der Waals surface area contributed by atoms with E-state index in [1.54, 1.807) is 0 Å². The van der Waals surface area contributed by atoms with Crippen LogP contribution in [0, 0.1) is 0 Å². The fourth-order valence-electron chi connectivity index (χ4n) is 2.63. The highest BCUT2D eigenvalue weighted by Crippen LogP contribution is 2.36. The molecule has 4 heteroatoms. The monoisotopic (exact) mass is 277 g/mol. The van der Waals surface area contributed by atoms with Crippen LogP contribution < -0.4 is 15.8 Å². The Morgan fingerprint density at radius 2 is 2.05 bits per heavy atom. The van der Waals surface area contributed by atoms with Crippen LogP contribution in [0.5, 0.6) is 5.75 Å². The molecule has 0 spiro atoms.